The van der Waals surface area contributed by atoms with Crippen molar-refractivity contribution in [2.24, 2.45) is 0 Å². The molecule has 0 aliphatic rings. The number of hydrogen-bond donors (Lipinski definition) is 0. The van der Waals surface area contributed by atoms with Gasteiger partial charge in [0.25, 0.3) is 0 Å². The Bertz CT molecular complexity index is 419. The molecule has 0 saturated carbocycles. The van der Waals surface area contributed by atoms with Crippen molar-refractivity contribution in [2.75, 3.05) is 18.6 Å². The van der Waals surface area contributed by atoms with Crippen LogP contribution in [0.5, 0.6) is 0 Å². The minimum absolute atomic E-state index is 0.170. The molecule has 0 fully saturated rings. The Morgan fingerprint density at radius 3 is 2.61 bits per heavy atom. The number of aryl methyl sites for hydroxylation is 2. The molecule has 0 bridgehead atoms. The highest BCUT2D eigenvalue weighted by molar-refractivity contribution is 5.75. The van der Waals surface area contributed by atoms with Gasteiger partial charge >= 0.3 is 5.97 Å². The maximum Gasteiger partial charge on any atom is 0.325 e. The fraction of sp³-hybridized carbons (Fsp3) is 0.615. The molecule has 100 valence electrons. The Balaban J connectivity index is 3.05. The molecule has 1 rings (SSSR count). The molecule has 1 aromatic rings. The summed E-state index contributed by atoms with van der Waals surface area (Å²) in [7, 11) is 1.39. The van der Waals surface area contributed by atoms with Crippen LogP contribution in [0.15, 0.2) is 6.07 Å². The molecule has 5 nitrogen and oxygen atoms in total. The third kappa shape index (κ3) is 3.68. The third-order valence-corrected chi connectivity index (χ3v) is 2.68. The van der Waals surface area contributed by atoms with Gasteiger partial charge in [0, 0.05) is 17.8 Å². The topological polar surface area (TPSA) is 55.3 Å². The van der Waals surface area contributed by atoms with Crippen LogP contribution in [0.25, 0.3) is 0 Å². The second-order valence-corrected chi connectivity index (χ2v) is 4.42. The lowest BCUT2D eigenvalue weighted by Gasteiger charge is -2.27. The summed E-state index contributed by atoms with van der Waals surface area (Å²) >= 11 is 0. The van der Waals surface area contributed by atoms with Crippen molar-refractivity contribution in [1.82, 2.24) is 9.97 Å². The Labute approximate surface area is 108 Å². The van der Waals surface area contributed by atoms with Crippen molar-refractivity contribution < 1.29 is 9.53 Å². The van der Waals surface area contributed by atoms with Gasteiger partial charge in [-0.25, -0.2) is 9.97 Å². The number of hydrogen-bond acceptors (Lipinski definition) is 5. The lowest BCUT2D eigenvalue weighted by atomic mass is 10.2. The second-order valence-electron chi connectivity index (χ2n) is 4.42. The molecule has 1 aromatic heterocycles. The van der Waals surface area contributed by atoms with E-state index in [9.17, 15) is 4.79 Å². The Morgan fingerprint density at radius 1 is 1.44 bits per heavy atom. The number of ether oxygens (including phenoxy) is 1. The average molecular weight is 251 g/mol. The lowest BCUT2D eigenvalue weighted by Crippen LogP contribution is -2.37. The van der Waals surface area contributed by atoms with E-state index in [0.717, 1.165) is 23.8 Å². The van der Waals surface area contributed by atoms with Crippen molar-refractivity contribution in [1.29, 1.82) is 0 Å². The van der Waals surface area contributed by atoms with Gasteiger partial charge in [-0.15, -0.1) is 0 Å². The van der Waals surface area contributed by atoms with E-state index in [1.165, 1.54) is 7.11 Å². The highest BCUT2D eigenvalue weighted by Crippen LogP contribution is 2.16. The van der Waals surface area contributed by atoms with Gasteiger partial charge in [0.05, 0.1) is 7.11 Å². The smallest absolute Gasteiger partial charge is 0.325 e. The van der Waals surface area contributed by atoms with Crippen LogP contribution in [0.3, 0.4) is 0 Å². The van der Waals surface area contributed by atoms with Gasteiger partial charge in [-0.1, -0.05) is 6.92 Å². The minimum atomic E-state index is -0.266. The van der Waals surface area contributed by atoms with Crippen LogP contribution < -0.4 is 4.90 Å². The molecule has 0 aliphatic heterocycles. The molecule has 0 atom stereocenters. The average Bonchev–Trinajstić information content (AvgIpc) is 2.34. The van der Waals surface area contributed by atoms with Crippen molar-refractivity contribution in [3.8, 4) is 0 Å². The van der Waals surface area contributed by atoms with Gasteiger partial charge in [-0.2, -0.15) is 0 Å². The highest BCUT2D eigenvalue weighted by Gasteiger charge is 2.17. The molecule has 0 saturated heterocycles. The predicted octanol–water partition coefficient (Wildman–Crippen LogP) is 1.74. The third-order valence-electron chi connectivity index (χ3n) is 2.68. The van der Waals surface area contributed by atoms with Crippen molar-refractivity contribution in [3.63, 3.8) is 0 Å². The predicted molar refractivity (Wildman–Crippen MR) is 70.6 cm³/mol. The molecule has 18 heavy (non-hydrogen) atoms. The van der Waals surface area contributed by atoms with Gasteiger partial charge in [-0.05, 0) is 27.2 Å². The Hall–Kier alpha value is -1.65. The molecular formula is C13H21N3O2. The van der Waals surface area contributed by atoms with Crippen LogP contribution in [0.1, 0.15) is 32.3 Å². The quantitative estimate of drug-likeness (QED) is 0.746. The number of aromatic nitrogens is 2. The largest absolute Gasteiger partial charge is 0.468 e. The van der Waals surface area contributed by atoms with Gasteiger partial charge < -0.3 is 9.64 Å². The number of esters is 1. The van der Waals surface area contributed by atoms with Crippen LogP contribution in [0.4, 0.5) is 5.82 Å². The fourth-order valence-corrected chi connectivity index (χ4v) is 1.67. The molecule has 5 heteroatoms. The van der Waals surface area contributed by atoms with Crippen molar-refractivity contribution in [2.45, 2.75) is 40.2 Å². The summed E-state index contributed by atoms with van der Waals surface area (Å²) in [5, 5.41) is 0. The Morgan fingerprint density at radius 2 is 2.11 bits per heavy atom. The summed E-state index contributed by atoms with van der Waals surface area (Å²) in [6.07, 6.45) is 0.848. The molecule has 0 radical (unpaired) electrons. The van der Waals surface area contributed by atoms with E-state index >= 15 is 0 Å². The maximum absolute atomic E-state index is 11.4. The van der Waals surface area contributed by atoms with Crippen LogP contribution in [-0.2, 0) is 16.0 Å². The van der Waals surface area contributed by atoms with Crippen LogP contribution in [-0.4, -0.2) is 35.6 Å². The monoisotopic (exact) mass is 251 g/mol. The molecule has 0 unspecified atom stereocenters. The highest BCUT2D eigenvalue weighted by atomic mass is 16.5. The number of anilines is 1. The molecule has 0 spiro atoms. The van der Waals surface area contributed by atoms with Crippen LogP contribution >= 0.6 is 0 Å². The standard InChI is InChI=1S/C13H21N3O2/c1-6-11-7-12(15-10(4)14-11)16(9(2)3)8-13(17)18-5/h7,9H,6,8H2,1-5H3. The van der Waals surface area contributed by atoms with E-state index in [2.05, 4.69) is 9.97 Å². The normalized spacial score (nSPS) is 10.6. The minimum Gasteiger partial charge on any atom is -0.468 e. The number of rotatable bonds is 5. The van der Waals surface area contributed by atoms with Crippen molar-refractivity contribution in [3.05, 3.63) is 17.6 Å². The number of carbonyl (C=O) groups is 1. The first kappa shape index (κ1) is 14.4. The van der Waals surface area contributed by atoms with Gasteiger partial charge in [0.15, 0.2) is 0 Å². The molecule has 1 heterocycles. The summed E-state index contributed by atoms with van der Waals surface area (Å²) in [5.41, 5.74) is 0.980. The van der Waals surface area contributed by atoms with E-state index in [1.54, 1.807) is 0 Å². The van der Waals surface area contributed by atoms with Crippen molar-refractivity contribution >= 4 is 11.8 Å². The van der Waals surface area contributed by atoms with Crippen LogP contribution in [0, 0.1) is 6.92 Å². The fourth-order valence-electron chi connectivity index (χ4n) is 1.67. The molecule has 0 N–H and O–H groups in total. The van der Waals surface area contributed by atoms with E-state index in [0.29, 0.717) is 0 Å². The molecule has 0 amide bonds. The zero-order valence-electron chi connectivity index (χ0n) is 11.7. The molecule has 0 aromatic carbocycles. The second kappa shape index (κ2) is 6.33. The van der Waals surface area contributed by atoms with Crippen LogP contribution in [0.2, 0.25) is 0 Å². The number of nitrogens with zero attached hydrogens (tertiary/aromatic N) is 3. The molecular weight excluding hydrogens is 230 g/mol. The van der Waals surface area contributed by atoms with Gasteiger partial charge in [0.2, 0.25) is 0 Å². The maximum atomic E-state index is 11.4. The summed E-state index contributed by atoms with van der Waals surface area (Å²) in [6.45, 7) is 8.15. The number of methoxy groups -OCH3 is 1. The zero-order chi connectivity index (χ0) is 13.7. The summed E-state index contributed by atoms with van der Waals surface area (Å²) in [5.74, 6) is 1.23. The van der Waals surface area contributed by atoms with E-state index < -0.39 is 0 Å². The first-order valence-electron chi connectivity index (χ1n) is 6.16. The van der Waals surface area contributed by atoms with Gasteiger partial charge in [0.1, 0.15) is 18.2 Å². The summed E-state index contributed by atoms with van der Waals surface area (Å²) < 4.78 is 4.72. The van der Waals surface area contributed by atoms with E-state index in [-0.39, 0.29) is 18.6 Å². The molecule has 0 aliphatic carbocycles. The van der Waals surface area contributed by atoms with E-state index in [1.807, 2.05) is 38.7 Å². The summed E-state index contributed by atoms with van der Waals surface area (Å²) in [4.78, 5) is 22.1. The first-order valence-corrected chi connectivity index (χ1v) is 6.16. The Kier molecular flexibility index (Phi) is 5.07. The SMILES string of the molecule is CCc1cc(N(CC(=O)OC)C(C)C)nc(C)n1. The summed E-state index contributed by atoms with van der Waals surface area (Å²) in [6, 6.07) is 2.10. The number of carbonyl (C=O) groups excluding carboxylic acids is 1. The van der Waals surface area contributed by atoms with Gasteiger partial charge in [-0.3, -0.25) is 4.79 Å². The lowest BCUT2D eigenvalue weighted by molar-refractivity contribution is -0.139. The zero-order valence-corrected chi connectivity index (χ0v) is 11.7. The van der Waals surface area contributed by atoms with E-state index in [4.69, 9.17) is 4.74 Å². The first-order chi connectivity index (χ1) is 8.47.